The maximum absolute atomic E-state index is 9.23. The van der Waals surface area contributed by atoms with Gasteiger partial charge in [-0.15, -0.1) is 0 Å². The van der Waals surface area contributed by atoms with Crippen molar-refractivity contribution < 1.29 is 5.11 Å². The van der Waals surface area contributed by atoms with E-state index in [1.165, 1.54) is 66.7 Å². The Morgan fingerprint density at radius 3 is 2.05 bits per heavy atom. The monoisotopic (exact) mass is 374 g/mol. The first-order valence-corrected chi connectivity index (χ1v) is 15.9. The molecule has 1 nitrogen and oxygen atoms in total. The molecule has 0 spiro atoms. The van der Waals surface area contributed by atoms with Gasteiger partial charge in [0.25, 0.3) is 0 Å². The van der Waals surface area contributed by atoms with Crippen molar-refractivity contribution in [3.8, 4) is 0 Å². The second-order valence-corrected chi connectivity index (χ2v) is 19.5. The van der Waals surface area contributed by atoms with E-state index in [1.54, 1.807) is 0 Å². The Morgan fingerprint density at radius 2 is 1.58 bits per heavy atom. The number of unbranched alkanes of at least 4 members (excludes halogenated alkanes) is 2. The number of hydrogen-bond acceptors (Lipinski definition) is 1. The van der Waals surface area contributed by atoms with Crippen molar-refractivity contribution in [3.05, 3.63) is 10.2 Å². The molecule has 0 amide bonds. The number of hydrogen-bond donors (Lipinski definition) is 1. The first-order valence-electron chi connectivity index (χ1n) is 8.57. The fourth-order valence-electron chi connectivity index (χ4n) is 3.81. The molecule has 2 heteroatoms. The molecule has 0 radical (unpaired) electrons. The van der Waals surface area contributed by atoms with Gasteiger partial charge in [0.2, 0.25) is 0 Å². The van der Waals surface area contributed by atoms with Gasteiger partial charge >= 0.3 is 125 Å². The van der Waals surface area contributed by atoms with Crippen molar-refractivity contribution >= 4 is 18.4 Å². The Hall–Kier alpha value is 0.499. The van der Waals surface area contributed by atoms with E-state index in [1.807, 2.05) is 0 Å². The van der Waals surface area contributed by atoms with Gasteiger partial charge in [-0.25, -0.2) is 0 Å². The second kappa shape index (κ2) is 10.3. The number of rotatable bonds is 9. The van der Waals surface area contributed by atoms with Crippen molar-refractivity contribution in [1.82, 2.24) is 0 Å². The third kappa shape index (κ3) is 5.79. The molecule has 1 aliphatic carbocycles. The molecule has 19 heavy (non-hydrogen) atoms. The topological polar surface area (TPSA) is 20.2 Å². The molecule has 1 saturated carbocycles. The van der Waals surface area contributed by atoms with Crippen molar-refractivity contribution in [2.45, 2.75) is 84.4 Å². The van der Waals surface area contributed by atoms with Gasteiger partial charge in [-0.2, -0.15) is 0 Å². The van der Waals surface area contributed by atoms with Crippen molar-refractivity contribution in [3.63, 3.8) is 0 Å². The van der Waals surface area contributed by atoms with Gasteiger partial charge in [0.15, 0.2) is 0 Å². The first kappa shape index (κ1) is 17.5. The normalized spacial score (nSPS) is 18.3. The van der Waals surface area contributed by atoms with Crippen LogP contribution in [0.25, 0.3) is 0 Å². The van der Waals surface area contributed by atoms with Crippen molar-refractivity contribution in [2.75, 3.05) is 6.61 Å². The summed E-state index contributed by atoms with van der Waals surface area (Å²) >= 11 is -2.16. The van der Waals surface area contributed by atoms with Crippen LogP contribution in [0, 0.1) is 0 Å². The molecule has 1 aliphatic rings. The van der Waals surface area contributed by atoms with Crippen LogP contribution in [0.2, 0.25) is 12.8 Å². The third-order valence-electron chi connectivity index (χ3n) is 4.96. The molecule has 0 aromatic carbocycles. The van der Waals surface area contributed by atoms with Crippen LogP contribution in [-0.2, 0) is 0 Å². The zero-order valence-electron chi connectivity index (χ0n) is 13.2. The SMILES string of the molecule is CCC[CH2][Sn](/[CH]=C/CO)([CH2]CCC)[CH]1CCCCC1. The standard InChI is InChI=1S/C6H11.2C4H9.C3H5O.Sn/c1-2-4-6-5-3-1;2*1-3-4-2;1-2-3-4;/h1H,2-6H2;2*1,3-4H2,2H3;1-2,4H,3H2;. The first-order chi connectivity index (χ1) is 9.29. The van der Waals surface area contributed by atoms with Gasteiger partial charge in [-0.3, -0.25) is 0 Å². The summed E-state index contributed by atoms with van der Waals surface area (Å²) in [6.45, 7) is 4.91. The van der Waals surface area contributed by atoms with E-state index < -0.39 is 18.4 Å². The summed E-state index contributed by atoms with van der Waals surface area (Å²) in [6.07, 6.45) is 15.0. The van der Waals surface area contributed by atoms with Crippen LogP contribution in [-0.4, -0.2) is 30.1 Å². The van der Waals surface area contributed by atoms with Gasteiger partial charge in [0.05, 0.1) is 0 Å². The fourth-order valence-corrected chi connectivity index (χ4v) is 20.4. The van der Waals surface area contributed by atoms with E-state index in [0.717, 1.165) is 3.93 Å². The third-order valence-corrected chi connectivity index (χ3v) is 21.2. The summed E-state index contributed by atoms with van der Waals surface area (Å²) in [5.74, 6) is 0. The molecule has 0 bridgehead atoms. The van der Waals surface area contributed by atoms with Gasteiger partial charge in [-0.05, 0) is 0 Å². The van der Waals surface area contributed by atoms with E-state index in [9.17, 15) is 5.11 Å². The predicted molar refractivity (Wildman–Crippen MR) is 88.2 cm³/mol. The van der Waals surface area contributed by atoms with Crippen molar-refractivity contribution in [2.24, 2.45) is 0 Å². The number of aliphatic hydroxyl groups excluding tert-OH is 1. The van der Waals surface area contributed by atoms with E-state index in [2.05, 4.69) is 24.0 Å². The Labute approximate surface area is 124 Å². The molecule has 1 fully saturated rings. The Bertz CT molecular complexity index is 236. The predicted octanol–water partition coefficient (Wildman–Crippen LogP) is 5.46. The molecule has 0 atom stereocenters. The average Bonchev–Trinajstić information content (AvgIpc) is 2.48. The van der Waals surface area contributed by atoms with Gasteiger partial charge in [0.1, 0.15) is 0 Å². The van der Waals surface area contributed by atoms with E-state index in [0.29, 0.717) is 0 Å². The van der Waals surface area contributed by atoms with Crippen LogP contribution in [0.3, 0.4) is 0 Å². The molecule has 0 unspecified atom stereocenters. The minimum absolute atomic E-state index is 0.254. The fraction of sp³-hybridized carbons (Fsp3) is 0.882. The molecule has 0 aliphatic heterocycles. The summed E-state index contributed by atoms with van der Waals surface area (Å²) in [7, 11) is 0. The molecule has 1 N–H and O–H groups in total. The maximum atomic E-state index is 9.23. The Morgan fingerprint density at radius 1 is 1.00 bits per heavy atom. The van der Waals surface area contributed by atoms with E-state index >= 15 is 0 Å². The number of aliphatic hydroxyl groups is 1. The van der Waals surface area contributed by atoms with Gasteiger partial charge in [-0.1, -0.05) is 0 Å². The second-order valence-electron chi connectivity index (χ2n) is 6.36. The molecule has 0 saturated heterocycles. The summed E-state index contributed by atoms with van der Waals surface area (Å²) < 4.78 is 6.75. The van der Waals surface area contributed by atoms with Crippen LogP contribution in [0.1, 0.15) is 71.6 Å². The van der Waals surface area contributed by atoms with Crippen LogP contribution in [0.4, 0.5) is 0 Å². The molecule has 0 aromatic heterocycles. The van der Waals surface area contributed by atoms with E-state index in [4.69, 9.17) is 0 Å². The minimum atomic E-state index is -2.16. The molecular weight excluding hydrogens is 339 g/mol. The van der Waals surface area contributed by atoms with E-state index in [-0.39, 0.29) is 6.61 Å². The molecule has 112 valence electrons. The van der Waals surface area contributed by atoms with Gasteiger partial charge in [0, 0.05) is 0 Å². The molecule has 0 aromatic rings. The summed E-state index contributed by atoms with van der Waals surface area (Å²) in [5, 5.41) is 9.23. The summed E-state index contributed by atoms with van der Waals surface area (Å²) in [4.78, 5) is 0. The van der Waals surface area contributed by atoms with Crippen LogP contribution >= 0.6 is 0 Å². The zero-order chi connectivity index (χ0) is 14.0. The van der Waals surface area contributed by atoms with Crippen molar-refractivity contribution in [1.29, 1.82) is 0 Å². The average molecular weight is 373 g/mol. The Balaban J connectivity index is 2.82. The summed E-state index contributed by atoms with van der Waals surface area (Å²) in [6, 6.07) is 0. The summed E-state index contributed by atoms with van der Waals surface area (Å²) in [5.41, 5.74) is 0. The molecular formula is C17H34OSn. The molecule has 0 heterocycles. The van der Waals surface area contributed by atoms with Gasteiger partial charge < -0.3 is 0 Å². The van der Waals surface area contributed by atoms with Crippen LogP contribution in [0.15, 0.2) is 10.2 Å². The quantitative estimate of drug-likeness (QED) is 0.533. The van der Waals surface area contributed by atoms with Crippen LogP contribution in [0.5, 0.6) is 0 Å². The van der Waals surface area contributed by atoms with Crippen LogP contribution < -0.4 is 0 Å². The molecule has 1 rings (SSSR count). The Kier molecular flexibility index (Phi) is 9.48. The zero-order valence-corrected chi connectivity index (χ0v) is 16.0.